The summed E-state index contributed by atoms with van der Waals surface area (Å²) >= 11 is 14.8. The van der Waals surface area contributed by atoms with Gasteiger partial charge in [0.25, 0.3) is 0 Å². The zero-order valence-electron chi connectivity index (χ0n) is 8.21. The van der Waals surface area contributed by atoms with Gasteiger partial charge in [-0.25, -0.2) is 0 Å². The van der Waals surface area contributed by atoms with Gasteiger partial charge in [0, 0.05) is 29.6 Å². The van der Waals surface area contributed by atoms with E-state index in [2.05, 4.69) is 26.0 Å². The van der Waals surface area contributed by atoms with E-state index in [1.165, 1.54) is 0 Å². The second-order valence-electron chi connectivity index (χ2n) is 2.86. The Morgan fingerprint density at radius 1 is 1.20 bits per heavy atom. The van der Waals surface area contributed by atoms with Crippen molar-refractivity contribution in [3.63, 3.8) is 0 Å². The van der Waals surface area contributed by atoms with E-state index < -0.39 is 0 Å². The topological polar surface area (TPSA) is 25.8 Å². The summed E-state index contributed by atoms with van der Waals surface area (Å²) in [5.41, 5.74) is 0.734. The van der Waals surface area contributed by atoms with Crippen LogP contribution in [0.5, 0.6) is 0 Å². The Labute approximate surface area is 128 Å². The second kappa shape index (κ2) is 5.33. The molecule has 0 atom stereocenters. The molecule has 2 radical (unpaired) electrons. The van der Waals surface area contributed by atoms with E-state index in [0.717, 1.165) is 15.5 Å². The molecule has 0 aliphatic carbocycles. The Balaban J connectivity index is 0.00000112. The average molecular weight is 314 g/mol. The Morgan fingerprint density at radius 3 is 2.53 bits per heavy atom. The van der Waals surface area contributed by atoms with Gasteiger partial charge in [-0.1, -0.05) is 0 Å². The van der Waals surface area contributed by atoms with Crippen molar-refractivity contribution in [2.75, 3.05) is 0 Å². The van der Waals surface area contributed by atoms with Crippen molar-refractivity contribution in [2.24, 2.45) is 0 Å². The molecule has 0 saturated heterocycles. The van der Waals surface area contributed by atoms with Crippen LogP contribution in [-0.2, 0) is 0 Å². The SMILES string of the molecule is Cc1nc([Se])c2cc(Cl)cc(Cl)c2n1.[Na]. The zero-order chi connectivity index (χ0) is 10.3. The summed E-state index contributed by atoms with van der Waals surface area (Å²) < 4.78 is 0.775. The molecular weight excluding hydrogens is 309 g/mol. The molecular formula is C9H5Cl2N2NaSe. The van der Waals surface area contributed by atoms with Gasteiger partial charge in [0.1, 0.15) is 0 Å². The van der Waals surface area contributed by atoms with Crippen molar-refractivity contribution in [2.45, 2.75) is 6.92 Å². The van der Waals surface area contributed by atoms with Crippen molar-refractivity contribution in [1.82, 2.24) is 9.97 Å². The molecule has 1 aromatic heterocycles. The molecule has 6 heteroatoms. The molecule has 72 valence electrons. The molecule has 0 amide bonds. The molecule has 1 heterocycles. The van der Waals surface area contributed by atoms with Gasteiger partial charge in [-0.15, -0.1) is 0 Å². The van der Waals surface area contributed by atoms with Gasteiger partial charge in [-0.05, 0) is 0 Å². The summed E-state index contributed by atoms with van der Waals surface area (Å²) in [4.78, 5) is 8.46. The first-order valence-corrected chi connectivity index (χ1v) is 5.49. The van der Waals surface area contributed by atoms with Crippen LogP contribution in [-0.4, -0.2) is 55.5 Å². The quantitative estimate of drug-likeness (QED) is 0.691. The minimum atomic E-state index is 0. The van der Waals surface area contributed by atoms with E-state index >= 15 is 0 Å². The number of hydrogen-bond donors (Lipinski definition) is 0. The van der Waals surface area contributed by atoms with Crippen molar-refractivity contribution in [3.8, 4) is 0 Å². The Kier molecular flexibility index (Phi) is 4.87. The van der Waals surface area contributed by atoms with Crippen LogP contribution in [0.1, 0.15) is 5.82 Å². The first-order chi connectivity index (χ1) is 6.58. The van der Waals surface area contributed by atoms with Crippen LogP contribution < -0.4 is 4.59 Å². The normalized spacial score (nSPS) is 10.1. The zero-order valence-corrected chi connectivity index (χ0v) is 13.4. The van der Waals surface area contributed by atoms with Crippen LogP contribution in [0.2, 0.25) is 10.0 Å². The molecule has 0 fully saturated rings. The maximum atomic E-state index is 6.02. The van der Waals surface area contributed by atoms with Gasteiger partial charge in [-0.2, -0.15) is 0 Å². The minimum Gasteiger partial charge on any atom is 0 e. The van der Waals surface area contributed by atoms with Crippen molar-refractivity contribution in [1.29, 1.82) is 0 Å². The molecule has 15 heavy (non-hydrogen) atoms. The van der Waals surface area contributed by atoms with Crippen LogP contribution in [0.15, 0.2) is 12.1 Å². The van der Waals surface area contributed by atoms with E-state index in [-0.39, 0.29) is 29.6 Å². The summed E-state index contributed by atoms with van der Waals surface area (Å²) in [7, 11) is 0. The van der Waals surface area contributed by atoms with E-state index in [1.54, 1.807) is 12.1 Å². The number of fused-ring (bicyclic) bond motifs is 1. The van der Waals surface area contributed by atoms with Gasteiger partial charge < -0.3 is 0 Å². The Bertz CT molecular complexity index is 472. The number of hydrogen-bond acceptors (Lipinski definition) is 2. The van der Waals surface area contributed by atoms with Gasteiger partial charge >= 0.3 is 99.6 Å². The van der Waals surface area contributed by atoms with Crippen LogP contribution in [0.4, 0.5) is 0 Å². The number of nitrogens with zero attached hydrogens (tertiary/aromatic N) is 2. The number of rotatable bonds is 0. The number of benzene rings is 1. The largest absolute Gasteiger partial charge is 0 e. The predicted octanol–water partition coefficient (Wildman–Crippen LogP) is 1.66. The molecule has 1 aromatic carbocycles. The van der Waals surface area contributed by atoms with Crippen LogP contribution in [0.25, 0.3) is 10.9 Å². The van der Waals surface area contributed by atoms with Crippen LogP contribution in [0, 0.1) is 6.92 Å². The first-order valence-electron chi connectivity index (χ1n) is 3.88. The van der Waals surface area contributed by atoms with Gasteiger partial charge in [-0.3, -0.25) is 0 Å². The van der Waals surface area contributed by atoms with Gasteiger partial charge in [0.2, 0.25) is 0 Å². The van der Waals surface area contributed by atoms with Crippen molar-refractivity contribution >= 4 is 84.3 Å². The molecule has 0 bridgehead atoms. The molecule has 0 N–H and O–H groups in total. The van der Waals surface area contributed by atoms with E-state index in [4.69, 9.17) is 23.2 Å². The third-order valence-corrected chi connectivity index (χ3v) is 2.95. The number of aryl methyl sites for hydroxylation is 1. The summed E-state index contributed by atoms with van der Waals surface area (Å²) in [5, 5.41) is 1.99. The predicted molar refractivity (Wildman–Crippen MR) is 65.4 cm³/mol. The molecule has 0 aliphatic heterocycles. The second-order valence-corrected chi connectivity index (χ2v) is 4.51. The summed E-state index contributed by atoms with van der Waals surface area (Å²) in [6.07, 6.45) is 0. The van der Waals surface area contributed by atoms with E-state index in [0.29, 0.717) is 15.9 Å². The van der Waals surface area contributed by atoms with Gasteiger partial charge in [0.15, 0.2) is 0 Å². The van der Waals surface area contributed by atoms with Crippen LogP contribution >= 0.6 is 23.2 Å². The minimum absolute atomic E-state index is 0. The third-order valence-electron chi connectivity index (χ3n) is 1.80. The summed E-state index contributed by atoms with van der Waals surface area (Å²) in [5.74, 6) is 0.690. The summed E-state index contributed by atoms with van der Waals surface area (Å²) in [6, 6.07) is 3.48. The van der Waals surface area contributed by atoms with Crippen molar-refractivity contribution in [3.05, 3.63) is 28.0 Å². The Hall–Kier alpha value is 0.659. The molecule has 0 unspecified atom stereocenters. The van der Waals surface area contributed by atoms with E-state index in [1.807, 2.05) is 6.92 Å². The number of aromatic nitrogens is 2. The Morgan fingerprint density at radius 2 is 1.87 bits per heavy atom. The van der Waals surface area contributed by atoms with Crippen LogP contribution in [0.3, 0.4) is 0 Å². The van der Waals surface area contributed by atoms with E-state index in [9.17, 15) is 0 Å². The third kappa shape index (κ3) is 2.86. The fraction of sp³-hybridized carbons (Fsp3) is 0.111. The molecule has 2 nitrogen and oxygen atoms in total. The average Bonchev–Trinajstić information content (AvgIpc) is 2.07. The number of halogens is 2. The van der Waals surface area contributed by atoms with Crippen molar-refractivity contribution < 1.29 is 0 Å². The van der Waals surface area contributed by atoms with Gasteiger partial charge in [0.05, 0.1) is 0 Å². The molecule has 2 rings (SSSR count). The maximum absolute atomic E-state index is 6.02. The maximum Gasteiger partial charge on any atom is 0 e. The molecule has 0 spiro atoms. The first kappa shape index (κ1) is 13.7. The molecule has 2 aromatic rings. The molecule has 0 saturated carbocycles. The molecule has 0 aliphatic rings. The fourth-order valence-electron chi connectivity index (χ4n) is 1.24. The standard InChI is InChI=1S/C9H5Cl2N2Se.Na/c1-4-12-8-6(9(14)13-4)2-5(10)3-7(8)11;/h2-3H,1H3;. The summed E-state index contributed by atoms with van der Waals surface area (Å²) in [6.45, 7) is 1.82. The monoisotopic (exact) mass is 314 g/mol. The smallest absolute Gasteiger partial charge is 0 e. The fourth-order valence-corrected chi connectivity index (χ4v) is 2.38.